The zero-order chi connectivity index (χ0) is 13.8. The summed E-state index contributed by atoms with van der Waals surface area (Å²) in [5.74, 6) is 0.0694. The van der Waals surface area contributed by atoms with Crippen LogP contribution < -0.4 is 10.0 Å². The second-order valence-electron chi connectivity index (χ2n) is 4.99. The van der Waals surface area contributed by atoms with E-state index in [4.69, 9.17) is 0 Å². The normalized spacial score (nSPS) is 13.2. The topological polar surface area (TPSA) is 71.1 Å². The molecular weight excluding hydrogens is 270 g/mol. The summed E-state index contributed by atoms with van der Waals surface area (Å²) < 4.78 is 26.6. The quantitative estimate of drug-likeness (QED) is 0.794. The van der Waals surface area contributed by atoms with E-state index >= 15 is 0 Å². The Kier molecular flexibility index (Phi) is 5.27. The Balaban J connectivity index is 2.60. The summed E-state index contributed by atoms with van der Waals surface area (Å²) in [6, 6.07) is 0.284. The van der Waals surface area contributed by atoms with Crippen LogP contribution in [0.5, 0.6) is 0 Å². The molecule has 104 valence electrons. The number of rotatable bonds is 7. The van der Waals surface area contributed by atoms with Gasteiger partial charge >= 0.3 is 0 Å². The molecule has 0 spiro atoms. The zero-order valence-electron chi connectivity index (χ0n) is 11.2. The highest BCUT2D eigenvalue weighted by Gasteiger charge is 2.28. The lowest BCUT2D eigenvalue weighted by atomic mass is 10.1. The lowest BCUT2D eigenvalue weighted by Crippen LogP contribution is -2.44. The monoisotopic (exact) mass is 291 g/mol. The van der Waals surface area contributed by atoms with Crippen molar-refractivity contribution < 1.29 is 8.42 Å². The first-order valence-corrected chi connectivity index (χ1v) is 8.41. The Labute approximate surface area is 113 Å². The van der Waals surface area contributed by atoms with Gasteiger partial charge in [-0.3, -0.25) is 0 Å². The number of nitrogens with one attached hydrogen (secondary N) is 2. The minimum absolute atomic E-state index is 0.0694. The first-order chi connectivity index (χ1) is 8.23. The third-order valence-corrected chi connectivity index (χ3v) is 4.96. The van der Waals surface area contributed by atoms with Gasteiger partial charge in [0.2, 0.25) is 10.0 Å². The van der Waals surface area contributed by atoms with Gasteiger partial charge in [0.15, 0.2) is 0 Å². The first kappa shape index (κ1) is 15.6. The molecule has 0 atom stereocenters. The van der Waals surface area contributed by atoms with Gasteiger partial charge in [-0.2, -0.15) is 0 Å². The zero-order valence-corrected chi connectivity index (χ0v) is 12.9. The molecule has 1 aromatic rings. The molecule has 1 rings (SSSR count). The van der Waals surface area contributed by atoms with E-state index in [9.17, 15) is 8.42 Å². The van der Waals surface area contributed by atoms with Crippen molar-refractivity contribution in [3.05, 3.63) is 16.6 Å². The predicted octanol–water partition coefficient (Wildman–Crippen LogP) is 1.30. The molecule has 0 bridgehead atoms. The van der Waals surface area contributed by atoms with Gasteiger partial charge in [0.1, 0.15) is 5.01 Å². The Morgan fingerprint density at radius 3 is 2.61 bits per heavy atom. The van der Waals surface area contributed by atoms with Gasteiger partial charge in [0.25, 0.3) is 0 Å². The van der Waals surface area contributed by atoms with Crippen molar-refractivity contribution in [1.82, 2.24) is 15.0 Å². The van der Waals surface area contributed by atoms with Crippen LogP contribution in [0, 0.1) is 0 Å². The highest BCUT2D eigenvalue weighted by molar-refractivity contribution is 7.89. The maximum absolute atomic E-state index is 11.9. The summed E-state index contributed by atoms with van der Waals surface area (Å²) in [6.45, 7) is 8.05. The maximum atomic E-state index is 11.9. The summed E-state index contributed by atoms with van der Waals surface area (Å²) in [5.41, 5.74) is -0.662. The van der Waals surface area contributed by atoms with Crippen LogP contribution in [0.25, 0.3) is 0 Å². The summed E-state index contributed by atoms with van der Waals surface area (Å²) in [7, 11) is -3.31. The maximum Gasteiger partial charge on any atom is 0.213 e. The molecule has 1 heterocycles. The predicted molar refractivity (Wildman–Crippen MR) is 75.2 cm³/mol. The van der Waals surface area contributed by atoms with Gasteiger partial charge in [-0.25, -0.2) is 18.1 Å². The van der Waals surface area contributed by atoms with Crippen LogP contribution in [0.4, 0.5) is 0 Å². The van der Waals surface area contributed by atoms with E-state index in [1.165, 1.54) is 11.3 Å². The molecule has 0 aliphatic rings. The van der Waals surface area contributed by atoms with Crippen LogP contribution in [0.15, 0.2) is 11.6 Å². The summed E-state index contributed by atoms with van der Waals surface area (Å²) >= 11 is 1.45. The van der Waals surface area contributed by atoms with Crippen LogP contribution in [0.3, 0.4) is 0 Å². The van der Waals surface area contributed by atoms with Crippen molar-refractivity contribution in [2.45, 2.75) is 39.3 Å². The highest BCUT2D eigenvalue weighted by atomic mass is 32.2. The molecule has 0 saturated heterocycles. The van der Waals surface area contributed by atoms with E-state index in [0.29, 0.717) is 6.54 Å². The summed E-state index contributed by atoms with van der Waals surface area (Å²) in [5, 5.41) is 5.70. The molecule has 5 nitrogen and oxygen atoms in total. The molecule has 0 fully saturated rings. The van der Waals surface area contributed by atoms with Gasteiger partial charge in [-0.05, 0) is 13.8 Å². The standard InChI is InChI=1S/C11H21N3O2S2/c1-9(2)12-6-8-18(15,16)14-11(3,4)10-13-5-7-17-10/h5,7,9,12,14H,6,8H2,1-4H3. The van der Waals surface area contributed by atoms with E-state index in [1.54, 1.807) is 6.20 Å². The summed E-state index contributed by atoms with van der Waals surface area (Å²) in [6.07, 6.45) is 1.68. The summed E-state index contributed by atoms with van der Waals surface area (Å²) in [4.78, 5) is 4.16. The molecule has 7 heteroatoms. The van der Waals surface area contributed by atoms with Crippen molar-refractivity contribution in [2.24, 2.45) is 0 Å². The van der Waals surface area contributed by atoms with E-state index in [1.807, 2.05) is 33.1 Å². The lowest BCUT2D eigenvalue weighted by molar-refractivity contribution is 0.468. The van der Waals surface area contributed by atoms with Crippen molar-refractivity contribution in [3.8, 4) is 0 Å². The Morgan fingerprint density at radius 2 is 2.11 bits per heavy atom. The van der Waals surface area contributed by atoms with Crippen molar-refractivity contribution in [3.63, 3.8) is 0 Å². The van der Waals surface area contributed by atoms with E-state index in [0.717, 1.165) is 5.01 Å². The Hall–Kier alpha value is -0.500. The lowest BCUT2D eigenvalue weighted by Gasteiger charge is -2.23. The molecule has 18 heavy (non-hydrogen) atoms. The van der Waals surface area contributed by atoms with E-state index in [-0.39, 0.29) is 11.8 Å². The smallest absolute Gasteiger partial charge is 0.213 e. The number of nitrogens with zero attached hydrogens (tertiary/aromatic N) is 1. The van der Waals surface area contributed by atoms with Crippen molar-refractivity contribution in [1.29, 1.82) is 0 Å². The van der Waals surface area contributed by atoms with Gasteiger partial charge < -0.3 is 5.32 Å². The minimum atomic E-state index is -3.31. The second-order valence-corrected chi connectivity index (χ2v) is 7.73. The molecule has 1 aromatic heterocycles. The Bertz CT molecular complexity index is 453. The molecule has 0 saturated carbocycles. The van der Waals surface area contributed by atoms with Crippen molar-refractivity contribution >= 4 is 21.4 Å². The first-order valence-electron chi connectivity index (χ1n) is 5.88. The molecule has 2 N–H and O–H groups in total. The number of thiazole rings is 1. The van der Waals surface area contributed by atoms with Crippen LogP contribution in [0.1, 0.15) is 32.7 Å². The van der Waals surface area contributed by atoms with Crippen LogP contribution in [-0.2, 0) is 15.6 Å². The molecule has 0 aliphatic carbocycles. The molecule has 0 aliphatic heterocycles. The van der Waals surface area contributed by atoms with E-state index < -0.39 is 15.6 Å². The molecule has 0 unspecified atom stereocenters. The fraction of sp³-hybridized carbons (Fsp3) is 0.727. The SMILES string of the molecule is CC(C)NCCS(=O)(=O)NC(C)(C)c1nccs1. The molecule has 0 amide bonds. The average molecular weight is 291 g/mol. The number of aromatic nitrogens is 1. The molecule has 0 aromatic carbocycles. The number of sulfonamides is 1. The molecular formula is C11H21N3O2S2. The third-order valence-electron chi connectivity index (χ3n) is 2.30. The third kappa shape index (κ3) is 5.01. The van der Waals surface area contributed by atoms with E-state index in [2.05, 4.69) is 15.0 Å². The number of hydrogen-bond donors (Lipinski definition) is 2. The van der Waals surface area contributed by atoms with Gasteiger partial charge in [-0.1, -0.05) is 13.8 Å². The Morgan fingerprint density at radius 1 is 1.44 bits per heavy atom. The van der Waals surface area contributed by atoms with Crippen molar-refractivity contribution in [2.75, 3.05) is 12.3 Å². The highest BCUT2D eigenvalue weighted by Crippen LogP contribution is 2.22. The fourth-order valence-electron chi connectivity index (χ4n) is 1.50. The molecule has 0 radical (unpaired) electrons. The second kappa shape index (κ2) is 6.10. The van der Waals surface area contributed by atoms with Crippen LogP contribution in [0.2, 0.25) is 0 Å². The van der Waals surface area contributed by atoms with Gasteiger partial charge in [-0.15, -0.1) is 11.3 Å². The minimum Gasteiger partial charge on any atom is -0.313 e. The van der Waals surface area contributed by atoms with Gasteiger partial charge in [0, 0.05) is 24.2 Å². The fourth-order valence-corrected chi connectivity index (χ4v) is 3.64. The van der Waals surface area contributed by atoms with Crippen LogP contribution in [-0.4, -0.2) is 31.7 Å². The average Bonchev–Trinajstić information content (AvgIpc) is 2.67. The number of hydrogen-bond acceptors (Lipinski definition) is 5. The van der Waals surface area contributed by atoms with Gasteiger partial charge in [0.05, 0.1) is 11.3 Å². The van der Waals surface area contributed by atoms with Crippen LogP contribution >= 0.6 is 11.3 Å². The largest absolute Gasteiger partial charge is 0.313 e.